The van der Waals surface area contributed by atoms with Gasteiger partial charge in [-0.1, -0.05) is 30.3 Å². The zero-order chi connectivity index (χ0) is 17.4. The molecule has 2 aromatic rings. The monoisotopic (exact) mass is 343 g/mol. The predicted octanol–water partition coefficient (Wildman–Crippen LogP) is 4.07. The molecule has 2 nitrogen and oxygen atoms in total. The minimum atomic E-state index is -0.876. The molecule has 0 radical (unpaired) electrons. The average molecular weight is 343 g/mol. The van der Waals surface area contributed by atoms with Crippen molar-refractivity contribution in [3.8, 4) is 0 Å². The van der Waals surface area contributed by atoms with E-state index in [2.05, 4.69) is 29.2 Å². The SMILES string of the molecule is OC1(Cc2cc(F)cc(F)c2)CC2CCC(C1)N2Cc1ccccc1. The summed E-state index contributed by atoms with van der Waals surface area (Å²) < 4.78 is 26.9. The quantitative estimate of drug-likeness (QED) is 0.905. The number of rotatable bonds is 4. The van der Waals surface area contributed by atoms with E-state index in [9.17, 15) is 13.9 Å². The van der Waals surface area contributed by atoms with E-state index < -0.39 is 17.2 Å². The van der Waals surface area contributed by atoms with Gasteiger partial charge in [0, 0.05) is 31.1 Å². The predicted molar refractivity (Wildman–Crippen MR) is 93.0 cm³/mol. The van der Waals surface area contributed by atoms with Crippen molar-refractivity contribution >= 4 is 0 Å². The van der Waals surface area contributed by atoms with Crippen LogP contribution in [0, 0.1) is 11.6 Å². The molecule has 132 valence electrons. The summed E-state index contributed by atoms with van der Waals surface area (Å²) in [5.74, 6) is -1.16. The molecule has 4 rings (SSSR count). The number of halogens is 2. The van der Waals surface area contributed by atoms with Gasteiger partial charge in [0.05, 0.1) is 5.60 Å². The number of fused-ring (bicyclic) bond motifs is 2. The van der Waals surface area contributed by atoms with Gasteiger partial charge in [-0.05, 0) is 48.9 Å². The first-order chi connectivity index (χ1) is 12.0. The number of hydrogen-bond acceptors (Lipinski definition) is 2. The Bertz CT molecular complexity index is 715. The zero-order valence-corrected chi connectivity index (χ0v) is 14.2. The van der Waals surface area contributed by atoms with Crippen LogP contribution in [0.2, 0.25) is 0 Å². The molecule has 2 saturated heterocycles. The van der Waals surface area contributed by atoms with Crippen LogP contribution in [0.4, 0.5) is 8.78 Å². The number of piperidine rings is 1. The van der Waals surface area contributed by atoms with E-state index in [-0.39, 0.29) is 0 Å². The lowest BCUT2D eigenvalue weighted by Gasteiger charge is -2.44. The molecule has 0 aliphatic carbocycles. The van der Waals surface area contributed by atoms with Crippen LogP contribution in [-0.4, -0.2) is 27.7 Å². The molecule has 4 heteroatoms. The molecule has 0 spiro atoms. The smallest absolute Gasteiger partial charge is 0.126 e. The van der Waals surface area contributed by atoms with Crippen LogP contribution in [0.1, 0.15) is 36.8 Å². The highest BCUT2D eigenvalue weighted by Crippen LogP contribution is 2.43. The van der Waals surface area contributed by atoms with Gasteiger partial charge in [0.15, 0.2) is 0 Å². The average Bonchev–Trinajstić information content (AvgIpc) is 2.79. The van der Waals surface area contributed by atoms with Crippen molar-refractivity contribution in [2.75, 3.05) is 0 Å². The molecule has 2 fully saturated rings. The second-order valence-electron chi connectivity index (χ2n) is 7.63. The lowest BCUT2D eigenvalue weighted by atomic mass is 9.81. The number of hydrogen-bond donors (Lipinski definition) is 1. The highest BCUT2D eigenvalue weighted by molar-refractivity contribution is 5.22. The molecule has 1 N–H and O–H groups in total. The fourth-order valence-electron chi connectivity index (χ4n) is 4.70. The molecule has 2 bridgehead atoms. The van der Waals surface area contributed by atoms with Gasteiger partial charge in [-0.25, -0.2) is 8.78 Å². The van der Waals surface area contributed by atoms with Crippen molar-refractivity contribution in [2.24, 2.45) is 0 Å². The van der Waals surface area contributed by atoms with E-state index in [1.54, 1.807) is 0 Å². The van der Waals surface area contributed by atoms with Crippen molar-refractivity contribution in [3.63, 3.8) is 0 Å². The van der Waals surface area contributed by atoms with Crippen molar-refractivity contribution < 1.29 is 13.9 Å². The van der Waals surface area contributed by atoms with Gasteiger partial charge in [-0.2, -0.15) is 0 Å². The minimum Gasteiger partial charge on any atom is -0.389 e. The van der Waals surface area contributed by atoms with Gasteiger partial charge in [0.1, 0.15) is 11.6 Å². The Morgan fingerprint density at radius 3 is 2.12 bits per heavy atom. The molecule has 2 heterocycles. The Labute approximate surface area is 147 Å². The van der Waals surface area contributed by atoms with Crippen molar-refractivity contribution in [2.45, 2.75) is 56.3 Å². The Morgan fingerprint density at radius 1 is 0.920 bits per heavy atom. The summed E-state index contributed by atoms with van der Waals surface area (Å²) in [5.41, 5.74) is 0.951. The van der Waals surface area contributed by atoms with Gasteiger partial charge in [-0.15, -0.1) is 0 Å². The maximum atomic E-state index is 13.4. The normalized spacial score (nSPS) is 29.1. The first kappa shape index (κ1) is 16.7. The van der Waals surface area contributed by atoms with Crippen LogP contribution < -0.4 is 0 Å². The Balaban J connectivity index is 1.48. The topological polar surface area (TPSA) is 23.5 Å². The molecule has 0 aromatic heterocycles. The molecule has 2 aliphatic rings. The third-order valence-electron chi connectivity index (χ3n) is 5.67. The van der Waals surface area contributed by atoms with Gasteiger partial charge < -0.3 is 5.11 Å². The highest BCUT2D eigenvalue weighted by Gasteiger charge is 2.47. The summed E-state index contributed by atoms with van der Waals surface area (Å²) in [5, 5.41) is 11.1. The van der Waals surface area contributed by atoms with Crippen LogP contribution in [-0.2, 0) is 13.0 Å². The maximum absolute atomic E-state index is 13.4. The molecule has 2 atom stereocenters. The second-order valence-corrected chi connectivity index (χ2v) is 7.63. The summed E-state index contributed by atoms with van der Waals surface area (Å²) in [6, 6.07) is 14.6. The van der Waals surface area contributed by atoms with Crippen LogP contribution >= 0.6 is 0 Å². The number of benzene rings is 2. The van der Waals surface area contributed by atoms with Gasteiger partial charge >= 0.3 is 0 Å². The van der Waals surface area contributed by atoms with E-state index in [4.69, 9.17) is 0 Å². The number of nitrogens with zero attached hydrogens (tertiary/aromatic N) is 1. The fraction of sp³-hybridized carbons (Fsp3) is 0.429. The van der Waals surface area contributed by atoms with Crippen molar-refractivity contribution in [1.29, 1.82) is 0 Å². The van der Waals surface area contributed by atoms with Crippen LogP contribution in [0.25, 0.3) is 0 Å². The lowest BCUT2D eigenvalue weighted by molar-refractivity contribution is -0.0540. The first-order valence-corrected chi connectivity index (χ1v) is 8.98. The lowest BCUT2D eigenvalue weighted by Crippen LogP contribution is -2.51. The second kappa shape index (κ2) is 6.50. The third kappa shape index (κ3) is 3.60. The van der Waals surface area contributed by atoms with Gasteiger partial charge in [0.2, 0.25) is 0 Å². The molecular weight excluding hydrogens is 320 g/mol. The van der Waals surface area contributed by atoms with Crippen LogP contribution in [0.15, 0.2) is 48.5 Å². The van der Waals surface area contributed by atoms with Crippen LogP contribution in [0.3, 0.4) is 0 Å². The summed E-state index contributed by atoms with van der Waals surface area (Å²) in [6.07, 6.45) is 3.80. The first-order valence-electron chi connectivity index (χ1n) is 8.98. The van der Waals surface area contributed by atoms with Crippen molar-refractivity contribution in [3.05, 3.63) is 71.3 Å². The minimum absolute atomic E-state index is 0.313. The zero-order valence-electron chi connectivity index (χ0n) is 14.2. The maximum Gasteiger partial charge on any atom is 0.126 e. The van der Waals surface area contributed by atoms with Gasteiger partial charge in [-0.3, -0.25) is 4.90 Å². The Morgan fingerprint density at radius 2 is 1.52 bits per heavy atom. The highest BCUT2D eigenvalue weighted by atomic mass is 19.1. The molecule has 25 heavy (non-hydrogen) atoms. The molecule has 2 aromatic carbocycles. The summed E-state index contributed by atoms with van der Waals surface area (Å²) in [7, 11) is 0. The van der Waals surface area contributed by atoms with E-state index in [1.807, 2.05) is 6.07 Å². The van der Waals surface area contributed by atoms with Gasteiger partial charge in [0.25, 0.3) is 0 Å². The standard InChI is InChI=1S/C21H23F2NO/c22-17-8-16(9-18(23)10-17)11-21(25)12-19-6-7-20(13-21)24(19)14-15-4-2-1-3-5-15/h1-5,8-10,19-20,25H,6-7,11-14H2. The molecular formula is C21H23F2NO. The largest absolute Gasteiger partial charge is 0.389 e. The Hall–Kier alpha value is -1.78. The fourth-order valence-corrected chi connectivity index (χ4v) is 4.70. The summed E-state index contributed by atoms with van der Waals surface area (Å²) in [6.45, 7) is 0.904. The van der Waals surface area contributed by atoms with E-state index in [0.717, 1.165) is 25.5 Å². The van der Waals surface area contributed by atoms with Crippen LogP contribution in [0.5, 0.6) is 0 Å². The summed E-state index contributed by atoms with van der Waals surface area (Å²) >= 11 is 0. The molecule has 2 aliphatic heterocycles. The summed E-state index contributed by atoms with van der Waals surface area (Å²) in [4.78, 5) is 2.50. The van der Waals surface area contributed by atoms with Crippen molar-refractivity contribution in [1.82, 2.24) is 4.90 Å². The molecule has 0 saturated carbocycles. The van der Waals surface area contributed by atoms with E-state index >= 15 is 0 Å². The van der Waals surface area contributed by atoms with E-state index in [1.165, 1.54) is 17.7 Å². The Kier molecular flexibility index (Phi) is 4.34. The molecule has 0 amide bonds. The third-order valence-corrected chi connectivity index (χ3v) is 5.67. The molecule has 2 unspecified atom stereocenters. The van der Waals surface area contributed by atoms with E-state index in [0.29, 0.717) is 36.9 Å². The number of aliphatic hydroxyl groups is 1.